The summed E-state index contributed by atoms with van der Waals surface area (Å²) in [4.78, 5) is 6.70. The number of hydrogen-bond acceptors (Lipinski definition) is 4. The zero-order chi connectivity index (χ0) is 15.0. The third kappa shape index (κ3) is 6.07. The van der Waals surface area contributed by atoms with Crippen LogP contribution in [0.25, 0.3) is 0 Å². The molecule has 4 nitrogen and oxygen atoms in total. The Bertz CT molecular complexity index is 399. The van der Waals surface area contributed by atoms with E-state index in [1.165, 1.54) is 0 Å². The topological polar surface area (TPSA) is 37.4 Å². The van der Waals surface area contributed by atoms with Gasteiger partial charge in [-0.3, -0.25) is 0 Å². The van der Waals surface area contributed by atoms with Crippen LogP contribution in [0.15, 0.2) is 12.1 Å². The second-order valence-electron chi connectivity index (χ2n) is 5.12. The molecule has 1 heterocycles. The summed E-state index contributed by atoms with van der Waals surface area (Å²) in [6.45, 7) is 9.41. The quantitative estimate of drug-likeness (QED) is 0.711. The SMILES string of the molecule is CCCNCc1nc(N(C)CCOC(C)C)ccc1Cl. The first-order chi connectivity index (χ1) is 9.54. The lowest BCUT2D eigenvalue weighted by Crippen LogP contribution is -2.25. The zero-order valence-electron chi connectivity index (χ0n) is 12.9. The molecular formula is C15H26ClN3O. The molecule has 20 heavy (non-hydrogen) atoms. The van der Waals surface area contributed by atoms with Crippen LogP contribution in [0.3, 0.4) is 0 Å². The molecule has 0 amide bonds. The fraction of sp³-hybridized carbons (Fsp3) is 0.667. The van der Waals surface area contributed by atoms with Gasteiger partial charge in [-0.05, 0) is 38.9 Å². The van der Waals surface area contributed by atoms with E-state index in [1.807, 2.05) is 33.0 Å². The van der Waals surface area contributed by atoms with Crippen molar-refractivity contribution < 1.29 is 4.74 Å². The summed E-state index contributed by atoms with van der Waals surface area (Å²) in [5, 5.41) is 4.04. The largest absolute Gasteiger partial charge is 0.377 e. The molecule has 0 radical (unpaired) electrons. The van der Waals surface area contributed by atoms with Crippen molar-refractivity contribution in [3.05, 3.63) is 22.8 Å². The molecule has 0 aliphatic heterocycles. The standard InChI is InChI=1S/C15H26ClN3O/c1-5-8-17-11-14-13(16)6-7-15(18-14)19(4)9-10-20-12(2)3/h6-7,12,17H,5,8-11H2,1-4H3. The molecule has 0 saturated heterocycles. The highest BCUT2D eigenvalue weighted by atomic mass is 35.5. The van der Waals surface area contributed by atoms with Gasteiger partial charge in [-0.1, -0.05) is 18.5 Å². The Hall–Kier alpha value is -0.840. The summed E-state index contributed by atoms with van der Waals surface area (Å²) in [5.41, 5.74) is 0.897. The number of aromatic nitrogens is 1. The second-order valence-corrected chi connectivity index (χ2v) is 5.52. The maximum atomic E-state index is 6.18. The summed E-state index contributed by atoms with van der Waals surface area (Å²) < 4.78 is 5.56. The van der Waals surface area contributed by atoms with Crippen LogP contribution in [0.2, 0.25) is 5.02 Å². The van der Waals surface area contributed by atoms with Gasteiger partial charge in [-0.2, -0.15) is 0 Å². The normalized spacial score (nSPS) is 11.1. The smallest absolute Gasteiger partial charge is 0.128 e. The van der Waals surface area contributed by atoms with Gasteiger partial charge in [-0.25, -0.2) is 4.98 Å². The van der Waals surface area contributed by atoms with E-state index in [2.05, 4.69) is 22.1 Å². The third-order valence-corrected chi connectivity index (χ3v) is 3.24. The molecule has 1 N–H and O–H groups in total. The molecule has 0 bridgehead atoms. The Morgan fingerprint density at radius 1 is 1.40 bits per heavy atom. The fourth-order valence-corrected chi connectivity index (χ4v) is 1.90. The lowest BCUT2D eigenvalue weighted by atomic mass is 10.3. The predicted octanol–water partition coefficient (Wildman–Crippen LogP) is 3.10. The lowest BCUT2D eigenvalue weighted by molar-refractivity contribution is 0.0845. The molecule has 1 aromatic rings. The average Bonchev–Trinajstić information content (AvgIpc) is 2.40. The van der Waals surface area contributed by atoms with Gasteiger partial charge in [0.1, 0.15) is 5.82 Å². The van der Waals surface area contributed by atoms with E-state index < -0.39 is 0 Å². The molecule has 0 aliphatic carbocycles. The van der Waals surface area contributed by atoms with Crippen LogP contribution in [0.1, 0.15) is 32.9 Å². The van der Waals surface area contributed by atoms with E-state index in [0.717, 1.165) is 31.0 Å². The van der Waals surface area contributed by atoms with Crippen molar-refractivity contribution in [1.82, 2.24) is 10.3 Å². The Morgan fingerprint density at radius 3 is 2.80 bits per heavy atom. The van der Waals surface area contributed by atoms with Gasteiger partial charge < -0.3 is 15.0 Å². The number of likely N-dealkylation sites (N-methyl/N-ethyl adjacent to an activating group) is 1. The van der Waals surface area contributed by atoms with Crippen molar-refractivity contribution in [2.24, 2.45) is 0 Å². The molecule has 0 spiro atoms. The first-order valence-electron chi connectivity index (χ1n) is 7.23. The predicted molar refractivity (Wildman–Crippen MR) is 85.6 cm³/mol. The maximum absolute atomic E-state index is 6.18. The summed E-state index contributed by atoms with van der Waals surface area (Å²) in [6.07, 6.45) is 1.36. The first-order valence-corrected chi connectivity index (χ1v) is 7.61. The molecule has 0 aliphatic rings. The van der Waals surface area contributed by atoms with Gasteiger partial charge in [0.05, 0.1) is 23.4 Å². The van der Waals surface area contributed by atoms with Gasteiger partial charge in [0.15, 0.2) is 0 Å². The van der Waals surface area contributed by atoms with Crippen LogP contribution in [0.4, 0.5) is 5.82 Å². The molecule has 0 saturated carbocycles. The number of nitrogens with zero attached hydrogens (tertiary/aromatic N) is 2. The van der Waals surface area contributed by atoms with Crippen LogP contribution in [0, 0.1) is 0 Å². The minimum Gasteiger partial charge on any atom is -0.377 e. The number of ether oxygens (including phenoxy) is 1. The second kappa shape index (κ2) is 9.16. The fourth-order valence-electron chi connectivity index (χ4n) is 1.73. The number of pyridine rings is 1. The van der Waals surface area contributed by atoms with Crippen LogP contribution >= 0.6 is 11.6 Å². The van der Waals surface area contributed by atoms with E-state index in [-0.39, 0.29) is 6.10 Å². The number of hydrogen-bond donors (Lipinski definition) is 1. The molecule has 114 valence electrons. The van der Waals surface area contributed by atoms with Gasteiger partial charge in [-0.15, -0.1) is 0 Å². The van der Waals surface area contributed by atoms with Crippen molar-refractivity contribution in [3.8, 4) is 0 Å². The van der Waals surface area contributed by atoms with E-state index >= 15 is 0 Å². The van der Waals surface area contributed by atoms with Crippen molar-refractivity contribution in [3.63, 3.8) is 0 Å². The highest BCUT2D eigenvalue weighted by Gasteiger charge is 2.07. The summed E-state index contributed by atoms with van der Waals surface area (Å²) in [6, 6.07) is 3.85. The Kier molecular flexibility index (Phi) is 7.88. The minimum absolute atomic E-state index is 0.260. The molecular weight excluding hydrogens is 274 g/mol. The van der Waals surface area contributed by atoms with Gasteiger partial charge in [0.25, 0.3) is 0 Å². The molecule has 1 aromatic heterocycles. The molecule has 5 heteroatoms. The minimum atomic E-state index is 0.260. The molecule has 0 unspecified atom stereocenters. The molecule has 1 rings (SSSR count). The van der Waals surface area contributed by atoms with E-state index in [9.17, 15) is 0 Å². The van der Waals surface area contributed by atoms with Crippen molar-refractivity contribution >= 4 is 17.4 Å². The van der Waals surface area contributed by atoms with Gasteiger partial charge in [0.2, 0.25) is 0 Å². The number of halogens is 1. The van der Waals surface area contributed by atoms with Crippen LogP contribution in [-0.4, -0.2) is 37.8 Å². The van der Waals surface area contributed by atoms with Crippen molar-refractivity contribution in [2.45, 2.75) is 39.8 Å². The molecule has 0 fully saturated rings. The van der Waals surface area contributed by atoms with E-state index in [0.29, 0.717) is 18.2 Å². The average molecular weight is 300 g/mol. The van der Waals surface area contributed by atoms with Crippen LogP contribution < -0.4 is 10.2 Å². The number of anilines is 1. The highest BCUT2D eigenvalue weighted by molar-refractivity contribution is 6.31. The van der Waals surface area contributed by atoms with Gasteiger partial charge >= 0.3 is 0 Å². The highest BCUT2D eigenvalue weighted by Crippen LogP contribution is 2.18. The summed E-state index contributed by atoms with van der Waals surface area (Å²) in [7, 11) is 2.02. The monoisotopic (exact) mass is 299 g/mol. The molecule has 0 atom stereocenters. The Morgan fingerprint density at radius 2 is 2.15 bits per heavy atom. The van der Waals surface area contributed by atoms with Crippen LogP contribution in [0.5, 0.6) is 0 Å². The maximum Gasteiger partial charge on any atom is 0.128 e. The zero-order valence-corrected chi connectivity index (χ0v) is 13.7. The molecule has 0 aromatic carbocycles. The number of rotatable bonds is 9. The van der Waals surface area contributed by atoms with E-state index in [4.69, 9.17) is 16.3 Å². The number of nitrogens with one attached hydrogen (secondary N) is 1. The summed E-state index contributed by atoms with van der Waals surface area (Å²) in [5.74, 6) is 0.926. The Balaban J connectivity index is 2.58. The summed E-state index contributed by atoms with van der Waals surface area (Å²) >= 11 is 6.18. The van der Waals surface area contributed by atoms with Crippen molar-refractivity contribution in [1.29, 1.82) is 0 Å². The Labute approximate surface area is 127 Å². The lowest BCUT2D eigenvalue weighted by Gasteiger charge is -2.20. The first kappa shape index (κ1) is 17.2. The van der Waals surface area contributed by atoms with E-state index in [1.54, 1.807) is 0 Å². The third-order valence-electron chi connectivity index (χ3n) is 2.89. The van der Waals surface area contributed by atoms with Crippen LogP contribution in [-0.2, 0) is 11.3 Å². The van der Waals surface area contributed by atoms with Gasteiger partial charge in [0, 0.05) is 20.1 Å². The van der Waals surface area contributed by atoms with Crippen molar-refractivity contribution in [2.75, 3.05) is 31.6 Å².